The van der Waals surface area contributed by atoms with Crippen molar-refractivity contribution in [2.24, 2.45) is 5.92 Å². The molecule has 1 aliphatic carbocycles. The van der Waals surface area contributed by atoms with Gasteiger partial charge in [-0.2, -0.15) is 11.8 Å². The number of nitrogens with zero attached hydrogens (tertiary/aromatic N) is 1. The Hall–Kier alpha value is -0.710. The van der Waals surface area contributed by atoms with Gasteiger partial charge < -0.3 is 10.2 Å². The molecule has 0 radical (unpaired) electrons. The maximum absolute atomic E-state index is 12.3. The Labute approximate surface area is 113 Å². The van der Waals surface area contributed by atoms with E-state index in [1.165, 1.54) is 0 Å². The second kappa shape index (κ2) is 6.45. The van der Waals surface area contributed by atoms with E-state index in [0.29, 0.717) is 18.9 Å². The Morgan fingerprint density at radius 1 is 1.33 bits per heavy atom. The van der Waals surface area contributed by atoms with Crippen LogP contribution in [-0.2, 0) is 9.59 Å². The fourth-order valence-corrected chi connectivity index (χ4v) is 2.86. The van der Waals surface area contributed by atoms with Crippen LogP contribution in [0, 0.1) is 5.92 Å². The zero-order valence-corrected chi connectivity index (χ0v) is 11.8. The number of rotatable bonds is 6. The van der Waals surface area contributed by atoms with Crippen LogP contribution in [0.3, 0.4) is 0 Å². The van der Waals surface area contributed by atoms with Crippen LogP contribution in [0.1, 0.15) is 32.1 Å². The first-order valence-electron chi connectivity index (χ1n) is 6.79. The van der Waals surface area contributed by atoms with Gasteiger partial charge in [0.25, 0.3) is 0 Å². The summed E-state index contributed by atoms with van der Waals surface area (Å²) in [6.07, 6.45) is 6.90. The van der Waals surface area contributed by atoms with Crippen molar-refractivity contribution in [1.82, 2.24) is 10.2 Å². The smallest absolute Gasteiger partial charge is 0.245 e. The molecule has 2 amide bonds. The van der Waals surface area contributed by atoms with E-state index in [-0.39, 0.29) is 17.9 Å². The molecule has 0 aromatic rings. The minimum absolute atomic E-state index is 0.0341. The molecule has 1 heterocycles. The summed E-state index contributed by atoms with van der Waals surface area (Å²) < 4.78 is 0. The highest BCUT2D eigenvalue weighted by molar-refractivity contribution is 7.98. The summed E-state index contributed by atoms with van der Waals surface area (Å²) in [4.78, 5) is 25.8. The molecular weight excluding hydrogens is 248 g/mol. The predicted octanol–water partition coefficient (Wildman–Crippen LogP) is 1.26. The lowest BCUT2D eigenvalue weighted by molar-refractivity contribution is -0.134. The molecule has 1 saturated carbocycles. The summed E-state index contributed by atoms with van der Waals surface area (Å²) in [5, 5.41) is 2.89. The molecule has 1 atom stereocenters. The first-order valence-corrected chi connectivity index (χ1v) is 8.19. The van der Waals surface area contributed by atoms with Crippen LogP contribution in [0.25, 0.3) is 0 Å². The number of hydrogen-bond donors (Lipinski definition) is 1. The van der Waals surface area contributed by atoms with Gasteiger partial charge in [0.05, 0.1) is 0 Å². The molecule has 1 unspecified atom stereocenters. The molecule has 1 saturated heterocycles. The number of carbonyl (C=O) groups is 2. The molecule has 2 fully saturated rings. The highest BCUT2D eigenvalue weighted by Gasteiger charge is 2.40. The molecule has 0 bridgehead atoms. The van der Waals surface area contributed by atoms with Crippen LogP contribution < -0.4 is 5.32 Å². The number of carbonyl (C=O) groups excluding carboxylic acids is 2. The summed E-state index contributed by atoms with van der Waals surface area (Å²) in [6, 6.07) is -0.236. The maximum Gasteiger partial charge on any atom is 0.245 e. The molecule has 18 heavy (non-hydrogen) atoms. The summed E-state index contributed by atoms with van der Waals surface area (Å²) in [5.74, 6) is 1.72. The Morgan fingerprint density at radius 2 is 2.11 bits per heavy atom. The molecule has 2 aliphatic rings. The van der Waals surface area contributed by atoms with Gasteiger partial charge in [0, 0.05) is 19.5 Å². The van der Waals surface area contributed by atoms with Crippen LogP contribution in [0.5, 0.6) is 0 Å². The number of nitrogens with one attached hydrogen (secondary N) is 1. The molecule has 5 heteroatoms. The van der Waals surface area contributed by atoms with Gasteiger partial charge in [-0.05, 0) is 43.6 Å². The second-order valence-corrected chi connectivity index (χ2v) is 6.14. The SMILES string of the molecule is CSCCCCN1CCC(=O)NC(C2CC2)C1=O. The molecule has 0 spiro atoms. The quantitative estimate of drug-likeness (QED) is 0.739. The molecular formula is C13H22N2O2S. The van der Waals surface area contributed by atoms with Gasteiger partial charge in [-0.3, -0.25) is 9.59 Å². The van der Waals surface area contributed by atoms with Crippen molar-refractivity contribution in [1.29, 1.82) is 0 Å². The summed E-state index contributed by atoms with van der Waals surface area (Å²) in [6.45, 7) is 1.39. The summed E-state index contributed by atoms with van der Waals surface area (Å²) in [7, 11) is 0. The van der Waals surface area contributed by atoms with Crippen molar-refractivity contribution in [3.8, 4) is 0 Å². The van der Waals surface area contributed by atoms with Gasteiger partial charge in [-0.15, -0.1) is 0 Å². The molecule has 4 nitrogen and oxygen atoms in total. The zero-order chi connectivity index (χ0) is 13.0. The monoisotopic (exact) mass is 270 g/mol. The Kier molecular flexibility index (Phi) is 4.92. The van der Waals surface area contributed by atoms with E-state index in [9.17, 15) is 9.59 Å². The topological polar surface area (TPSA) is 49.4 Å². The normalized spacial score (nSPS) is 24.9. The van der Waals surface area contributed by atoms with Gasteiger partial charge in [0.1, 0.15) is 6.04 Å². The lowest BCUT2D eigenvalue weighted by Gasteiger charge is -2.23. The van der Waals surface area contributed by atoms with Gasteiger partial charge >= 0.3 is 0 Å². The van der Waals surface area contributed by atoms with E-state index in [1.54, 1.807) is 0 Å². The fraction of sp³-hybridized carbons (Fsp3) is 0.846. The van der Waals surface area contributed by atoms with Crippen LogP contribution >= 0.6 is 11.8 Å². The van der Waals surface area contributed by atoms with Gasteiger partial charge in [0.2, 0.25) is 11.8 Å². The zero-order valence-electron chi connectivity index (χ0n) is 11.0. The van der Waals surface area contributed by atoms with Crippen LogP contribution in [0.4, 0.5) is 0 Å². The van der Waals surface area contributed by atoms with E-state index in [2.05, 4.69) is 11.6 Å². The number of thioether (sulfide) groups is 1. The van der Waals surface area contributed by atoms with Crippen LogP contribution in [0.15, 0.2) is 0 Å². The first-order chi connectivity index (χ1) is 8.72. The van der Waals surface area contributed by atoms with Crippen molar-refractivity contribution < 1.29 is 9.59 Å². The van der Waals surface area contributed by atoms with Crippen LogP contribution in [0.2, 0.25) is 0 Å². The minimum Gasteiger partial charge on any atom is -0.344 e. The molecule has 1 N–H and O–H groups in total. The van der Waals surface area contributed by atoms with E-state index in [4.69, 9.17) is 0 Å². The lowest BCUT2D eigenvalue weighted by Crippen LogP contribution is -2.46. The molecule has 1 aliphatic heterocycles. The third kappa shape index (κ3) is 3.64. The average molecular weight is 270 g/mol. The van der Waals surface area contributed by atoms with E-state index in [0.717, 1.165) is 38.0 Å². The first kappa shape index (κ1) is 13.7. The summed E-state index contributed by atoms with van der Waals surface area (Å²) >= 11 is 1.84. The van der Waals surface area contributed by atoms with Crippen molar-refractivity contribution in [2.75, 3.05) is 25.1 Å². The second-order valence-electron chi connectivity index (χ2n) is 5.16. The van der Waals surface area contributed by atoms with E-state index < -0.39 is 0 Å². The maximum atomic E-state index is 12.3. The van der Waals surface area contributed by atoms with Crippen molar-refractivity contribution in [2.45, 2.75) is 38.1 Å². The Balaban J connectivity index is 1.87. The standard InChI is InChI=1S/C13H22N2O2S/c1-18-9-3-2-7-15-8-6-11(16)14-12(13(15)17)10-4-5-10/h10,12H,2-9H2,1H3,(H,14,16). The molecule has 0 aromatic carbocycles. The van der Waals surface area contributed by atoms with Crippen LogP contribution in [-0.4, -0.2) is 47.9 Å². The summed E-state index contributed by atoms with van der Waals surface area (Å²) in [5.41, 5.74) is 0. The molecule has 102 valence electrons. The number of hydrogen-bond acceptors (Lipinski definition) is 3. The number of amides is 2. The van der Waals surface area contributed by atoms with Crippen molar-refractivity contribution in [3.63, 3.8) is 0 Å². The van der Waals surface area contributed by atoms with Gasteiger partial charge in [0.15, 0.2) is 0 Å². The number of unbranched alkanes of at least 4 members (excludes halogenated alkanes) is 1. The van der Waals surface area contributed by atoms with Gasteiger partial charge in [-0.25, -0.2) is 0 Å². The Bertz CT molecular complexity index is 318. The lowest BCUT2D eigenvalue weighted by atomic mass is 10.1. The Morgan fingerprint density at radius 3 is 2.78 bits per heavy atom. The largest absolute Gasteiger partial charge is 0.344 e. The minimum atomic E-state index is -0.236. The predicted molar refractivity (Wildman–Crippen MR) is 73.5 cm³/mol. The average Bonchev–Trinajstić information content (AvgIpc) is 3.18. The third-order valence-electron chi connectivity index (χ3n) is 3.62. The van der Waals surface area contributed by atoms with E-state index in [1.807, 2.05) is 16.7 Å². The fourth-order valence-electron chi connectivity index (χ4n) is 2.37. The highest BCUT2D eigenvalue weighted by Crippen LogP contribution is 2.34. The molecule has 0 aromatic heterocycles. The molecule has 2 rings (SSSR count). The van der Waals surface area contributed by atoms with Gasteiger partial charge in [-0.1, -0.05) is 0 Å². The van der Waals surface area contributed by atoms with Crippen molar-refractivity contribution in [3.05, 3.63) is 0 Å². The van der Waals surface area contributed by atoms with E-state index >= 15 is 0 Å². The highest BCUT2D eigenvalue weighted by atomic mass is 32.2. The van der Waals surface area contributed by atoms with Crippen molar-refractivity contribution >= 4 is 23.6 Å². The third-order valence-corrected chi connectivity index (χ3v) is 4.32.